The van der Waals surface area contributed by atoms with Crippen molar-refractivity contribution in [2.45, 2.75) is 63.7 Å². The summed E-state index contributed by atoms with van der Waals surface area (Å²) in [6, 6.07) is 7.29. The molecule has 186 valence electrons. The van der Waals surface area contributed by atoms with E-state index >= 15 is 0 Å². The molecule has 2 heterocycles. The molecular formula is C26H26ClN5O4. The molecule has 10 heteroatoms. The van der Waals surface area contributed by atoms with E-state index in [4.69, 9.17) is 11.6 Å². The first-order valence-corrected chi connectivity index (χ1v) is 12.7. The van der Waals surface area contributed by atoms with Crippen molar-refractivity contribution >= 4 is 23.4 Å². The number of carboxylic acids is 1. The minimum Gasteiger partial charge on any atom is -0.618 e. The Hall–Kier alpha value is -3.33. The number of nitrogens with zero attached hydrogens (tertiary/aromatic N) is 5. The van der Waals surface area contributed by atoms with E-state index in [9.17, 15) is 19.9 Å². The van der Waals surface area contributed by atoms with E-state index in [1.165, 1.54) is 17.2 Å². The van der Waals surface area contributed by atoms with Gasteiger partial charge in [0.1, 0.15) is 18.0 Å². The summed E-state index contributed by atoms with van der Waals surface area (Å²) in [5.41, 5.74) is 2.81. The number of pyridine rings is 1. The third-order valence-corrected chi connectivity index (χ3v) is 9.08. The zero-order chi connectivity index (χ0) is 25.1. The lowest BCUT2D eigenvalue weighted by molar-refractivity contribution is -0.613. The first-order chi connectivity index (χ1) is 17.3. The van der Waals surface area contributed by atoms with Gasteiger partial charge in [0.2, 0.25) is 5.69 Å². The number of fused-ring (bicyclic) bond motifs is 4. The number of benzene rings is 1. The van der Waals surface area contributed by atoms with Crippen LogP contribution in [-0.2, 0) is 16.0 Å². The minimum absolute atomic E-state index is 0.105. The molecule has 9 nitrogen and oxygen atoms in total. The van der Waals surface area contributed by atoms with Crippen LogP contribution in [0.15, 0.2) is 36.8 Å². The molecule has 2 bridgehead atoms. The summed E-state index contributed by atoms with van der Waals surface area (Å²) < 4.78 is 2.37. The normalized spacial score (nSPS) is 26.6. The third-order valence-electron chi connectivity index (χ3n) is 8.84. The zero-order valence-corrected chi connectivity index (χ0v) is 20.4. The van der Waals surface area contributed by atoms with Crippen molar-refractivity contribution in [1.82, 2.24) is 20.2 Å². The number of carbonyl (C=O) groups excluding carboxylic acids is 1. The van der Waals surface area contributed by atoms with Crippen LogP contribution in [0.1, 0.15) is 68.5 Å². The van der Waals surface area contributed by atoms with Crippen molar-refractivity contribution in [3.05, 3.63) is 58.3 Å². The molecule has 2 aromatic heterocycles. The van der Waals surface area contributed by atoms with Gasteiger partial charge in [-0.2, -0.15) is 9.41 Å². The lowest BCUT2D eigenvalue weighted by Gasteiger charge is -2.51. The predicted molar refractivity (Wildman–Crippen MR) is 129 cm³/mol. The molecule has 3 fully saturated rings. The number of aromatic nitrogens is 5. The highest BCUT2D eigenvalue weighted by atomic mass is 35.5. The first kappa shape index (κ1) is 23.1. The van der Waals surface area contributed by atoms with Crippen molar-refractivity contribution in [2.24, 2.45) is 10.8 Å². The molecule has 0 radical (unpaired) electrons. The Kier molecular flexibility index (Phi) is 5.37. The zero-order valence-electron chi connectivity index (χ0n) is 19.7. The number of aryl methyl sites for hydroxylation is 1. The average molecular weight is 508 g/mol. The van der Waals surface area contributed by atoms with Crippen LogP contribution >= 0.6 is 11.6 Å². The van der Waals surface area contributed by atoms with Crippen molar-refractivity contribution < 1.29 is 19.4 Å². The van der Waals surface area contributed by atoms with Gasteiger partial charge in [-0.25, -0.2) is 0 Å². The summed E-state index contributed by atoms with van der Waals surface area (Å²) in [6.45, 7) is 0. The Bertz CT molecular complexity index is 1350. The fourth-order valence-electron chi connectivity index (χ4n) is 6.66. The van der Waals surface area contributed by atoms with Gasteiger partial charge in [0.25, 0.3) is 0 Å². The summed E-state index contributed by atoms with van der Waals surface area (Å²) in [5.74, 6) is -1.02. The molecule has 36 heavy (non-hydrogen) atoms. The van der Waals surface area contributed by atoms with Gasteiger partial charge in [0, 0.05) is 28.1 Å². The number of carbonyl (C=O) groups is 2. The minimum atomic E-state index is -0.696. The van der Waals surface area contributed by atoms with Crippen LogP contribution in [0.2, 0.25) is 5.02 Å². The molecule has 4 aliphatic rings. The number of hydrogen-bond acceptors (Lipinski definition) is 6. The number of carboxylic acid groups (broad SMARTS) is 1. The fourth-order valence-corrected chi connectivity index (χ4v) is 6.84. The van der Waals surface area contributed by atoms with Crippen molar-refractivity contribution in [2.75, 3.05) is 0 Å². The summed E-state index contributed by atoms with van der Waals surface area (Å²) in [4.78, 5) is 25.3. The van der Waals surface area contributed by atoms with Gasteiger partial charge < -0.3 is 10.3 Å². The van der Waals surface area contributed by atoms with Gasteiger partial charge in [-0.15, -0.1) is 5.10 Å². The highest BCUT2D eigenvalue weighted by Crippen LogP contribution is 2.59. The van der Waals surface area contributed by atoms with Crippen molar-refractivity contribution in [3.8, 4) is 16.8 Å². The Labute approximate surface area is 212 Å². The number of rotatable bonds is 6. The van der Waals surface area contributed by atoms with Crippen LogP contribution in [0.3, 0.4) is 0 Å². The van der Waals surface area contributed by atoms with E-state index in [-0.39, 0.29) is 11.2 Å². The Morgan fingerprint density at radius 1 is 1.17 bits per heavy atom. The van der Waals surface area contributed by atoms with Gasteiger partial charge >= 0.3 is 5.97 Å². The number of tetrazole rings is 1. The highest BCUT2D eigenvalue weighted by molar-refractivity contribution is 6.31. The highest BCUT2D eigenvalue weighted by Gasteiger charge is 2.53. The van der Waals surface area contributed by atoms with Crippen LogP contribution in [-0.4, -0.2) is 37.1 Å². The van der Waals surface area contributed by atoms with E-state index < -0.39 is 17.3 Å². The topological polar surface area (TPSA) is 125 Å². The van der Waals surface area contributed by atoms with Gasteiger partial charge in [-0.1, -0.05) is 11.6 Å². The Morgan fingerprint density at radius 2 is 1.92 bits per heavy atom. The lowest BCUT2D eigenvalue weighted by Crippen LogP contribution is -2.47. The van der Waals surface area contributed by atoms with E-state index in [1.807, 2.05) is 6.07 Å². The fraction of sp³-hybridized carbons (Fsp3) is 0.462. The number of halogens is 1. The maximum atomic E-state index is 13.5. The monoisotopic (exact) mass is 507 g/mol. The van der Waals surface area contributed by atoms with Crippen LogP contribution in [0, 0.1) is 16.0 Å². The molecule has 3 saturated carbocycles. The van der Waals surface area contributed by atoms with E-state index in [2.05, 4.69) is 15.5 Å². The van der Waals surface area contributed by atoms with Crippen LogP contribution in [0.25, 0.3) is 16.8 Å². The molecule has 0 aliphatic heterocycles. The molecule has 0 saturated heterocycles. The molecule has 7 rings (SSSR count). The summed E-state index contributed by atoms with van der Waals surface area (Å²) in [6.07, 6.45) is 8.93. The van der Waals surface area contributed by atoms with E-state index in [0.717, 1.165) is 35.1 Å². The summed E-state index contributed by atoms with van der Waals surface area (Å²) >= 11 is 6.28. The molecule has 0 amide bonds. The summed E-state index contributed by atoms with van der Waals surface area (Å²) in [7, 11) is 0. The van der Waals surface area contributed by atoms with Crippen molar-refractivity contribution in [1.29, 1.82) is 0 Å². The largest absolute Gasteiger partial charge is 0.618 e. The molecule has 1 N–H and O–H groups in total. The maximum absolute atomic E-state index is 13.5. The van der Waals surface area contributed by atoms with Gasteiger partial charge in [-0.3, -0.25) is 9.59 Å². The average Bonchev–Trinajstić information content (AvgIpc) is 3.55. The number of hydrogen-bond donors (Lipinski definition) is 1. The molecule has 4 aliphatic carbocycles. The van der Waals surface area contributed by atoms with Crippen LogP contribution in [0.5, 0.6) is 0 Å². The molecule has 1 atom stereocenters. The van der Waals surface area contributed by atoms with Crippen LogP contribution in [0.4, 0.5) is 0 Å². The summed E-state index contributed by atoms with van der Waals surface area (Å²) in [5, 5.41) is 34.8. The standard InChI is InChI=1S/C26H26ClN5O4/c27-18-2-4-21(31-15-28-29-30-31)20(12-18)17-11-16-1-3-19(23(16)32(36)14-17)22(33)13-25-5-8-26(9-6-25,10-7-25)24(34)35/h2,4,11-12,14-15,19H,1,3,5-10,13H2,(H,34,35). The smallest absolute Gasteiger partial charge is 0.309 e. The number of Topliss-reactive ketones (excluding diaryl/α,β-unsaturated/α-hetero) is 1. The second-order valence-corrected chi connectivity index (χ2v) is 11.1. The first-order valence-electron chi connectivity index (χ1n) is 12.3. The second-order valence-electron chi connectivity index (χ2n) is 10.7. The van der Waals surface area contributed by atoms with Gasteiger partial charge in [-0.05, 0) is 91.5 Å². The van der Waals surface area contributed by atoms with E-state index in [0.29, 0.717) is 60.5 Å². The lowest BCUT2D eigenvalue weighted by atomic mass is 9.52. The molecule has 3 aromatic rings. The Balaban J connectivity index is 1.27. The van der Waals surface area contributed by atoms with Gasteiger partial charge in [0.15, 0.2) is 6.20 Å². The molecule has 1 aromatic carbocycles. The van der Waals surface area contributed by atoms with E-state index in [1.54, 1.807) is 18.2 Å². The van der Waals surface area contributed by atoms with Gasteiger partial charge in [0.05, 0.1) is 11.1 Å². The quantitative estimate of drug-likeness (QED) is 0.394. The van der Waals surface area contributed by atoms with Crippen LogP contribution < -0.4 is 4.73 Å². The number of ketones is 1. The third kappa shape index (κ3) is 3.68. The predicted octanol–water partition coefficient (Wildman–Crippen LogP) is 4.03. The van der Waals surface area contributed by atoms with Crippen molar-refractivity contribution in [3.63, 3.8) is 0 Å². The molecular weight excluding hydrogens is 482 g/mol. The number of aliphatic carboxylic acids is 1. The molecule has 0 spiro atoms. The maximum Gasteiger partial charge on any atom is 0.309 e. The SMILES string of the molecule is O=C(CC12CCC(C(=O)O)(CC1)CC2)C1CCc2cc(-c3cc(Cl)ccc3-n3cnnn3)c[n+]([O-])c21. The molecule has 1 unspecified atom stereocenters. The Morgan fingerprint density at radius 3 is 2.58 bits per heavy atom. The second kappa shape index (κ2) is 8.37.